The fourth-order valence-corrected chi connectivity index (χ4v) is 3.65. The highest BCUT2D eigenvalue weighted by Crippen LogP contribution is 2.29. The minimum atomic E-state index is -4.36. The Kier molecular flexibility index (Phi) is 7.78. The quantitative estimate of drug-likeness (QED) is 0.479. The Labute approximate surface area is 195 Å². The minimum Gasteiger partial charge on any atom is -0.490 e. The summed E-state index contributed by atoms with van der Waals surface area (Å²) < 4.78 is 68.0. The molecule has 0 bridgehead atoms. The predicted molar refractivity (Wildman–Crippen MR) is 125 cm³/mol. The fraction of sp³-hybridized carbons (Fsp3) is 0.160. The minimum absolute atomic E-state index is 0.0775. The number of amides is 1. The lowest BCUT2D eigenvalue weighted by Crippen LogP contribution is -2.30. The number of ether oxygens (including phenoxy) is 1. The van der Waals surface area contributed by atoms with Crippen molar-refractivity contribution < 1.29 is 31.1 Å². The molecule has 0 aromatic heterocycles. The molecule has 0 atom stereocenters. The molecular weight excluding hydrogens is 467 g/mol. The van der Waals surface area contributed by atoms with Gasteiger partial charge in [-0.25, -0.2) is 8.42 Å². The zero-order valence-electron chi connectivity index (χ0n) is 18.2. The van der Waals surface area contributed by atoms with Gasteiger partial charge in [-0.05, 0) is 52.6 Å². The molecule has 0 saturated carbocycles. The van der Waals surface area contributed by atoms with Crippen molar-refractivity contribution in [1.29, 1.82) is 0 Å². The van der Waals surface area contributed by atoms with Crippen LogP contribution in [-0.2, 0) is 27.4 Å². The molecule has 0 aliphatic carbocycles. The van der Waals surface area contributed by atoms with Crippen LogP contribution in [0.2, 0.25) is 0 Å². The molecular formula is C25H22F3NO4S. The number of nitrogens with one attached hydrogen (secondary N) is 1. The molecule has 34 heavy (non-hydrogen) atoms. The highest BCUT2D eigenvalue weighted by Gasteiger charge is 2.29. The smallest absolute Gasteiger partial charge is 0.416 e. The largest absolute Gasteiger partial charge is 0.490 e. The lowest BCUT2D eigenvalue weighted by molar-refractivity contribution is -0.137. The number of alkyl halides is 3. The van der Waals surface area contributed by atoms with E-state index in [1.54, 1.807) is 36.4 Å². The molecule has 3 aromatic carbocycles. The van der Waals surface area contributed by atoms with Gasteiger partial charge in [-0.15, -0.1) is 0 Å². The number of halogens is 3. The van der Waals surface area contributed by atoms with E-state index in [1.165, 1.54) is 12.1 Å². The van der Waals surface area contributed by atoms with Crippen LogP contribution in [0.15, 0.2) is 78.9 Å². The van der Waals surface area contributed by atoms with Gasteiger partial charge < -0.3 is 4.74 Å². The van der Waals surface area contributed by atoms with Gasteiger partial charge >= 0.3 is 6.18 Å². The molecule has 0 saturated heterocycles. The highest BCUT2D eigenvalue weighted by atomic mass is 32.2. The van der Waals surface area contributed by atoms with Gasteiger partial charge in [0.25, 0.3) is 0 Å². The van der Waals surface area contributed by atoms with Gasteiger partial charge in [0.1, 0.15) is 12.4 Å². The van der Waals surface area contributed by atoms with Gasteiger partial charge in [-0.1, -0.05) is 54.6 Å². The van der Waals surface area contributed by atoms with Crippen molar-refractivity contribution >= 4 is 22.0 Å². The molecule has 178 valence electrons. The number of hydrogen-bond donors (Lipinski definition) is 1. The Hall–Kier alpha value is -3.59. The Morgan fingerprint density at radius 1 is 0.971 bits per heavy atom. The van der Waals surface area contributed by atoms with E-state index in [0.717, 1.165) is 29.5 Å². The van der Waals surface area contributed by atoms with Crippen LogP contribution in [0.5, 0.6) is 5.75 Å². The van der Waals surface area contributed by atoms with Crippen LogP contribution >= 0.6 is 0 Å². The van der Waals surface area contributed by atoms with E-state index in [9.17, 15) is 26.4 Å². The maximum Gasteiger partial charge on any atom is 0.416 e. The standard InChI is InChI=1S/C25H22F3NO4S/c1-34(31,32)29-24(30)16-19-5-2-7-20(15-19)21-8-3-9-23(17-21)33-14-4-6-18-10-12-22(13-11-18)25(26,27)28/h2-13,15,17H,14,16H2,1H3,(H,29,30). The Morgan fingerprint density at radius 2 is 1.62 bits per heavy atom. The van der Waals surface area contributed by atoms with Crippen LogP contribution in [0.4, 0.5) is 13.2 Å². The third kappa shape index (κ3) is 7.77. The summed E-state index contributed by atoms with van der Waals surface area (Å²) in [5, 5.41) is 0. The number of rotatable bonds is 8. The second kappa shape index (κ2) is 10.6. The maximum atomic E-state index is 12.6. The molecule has 0 radical (unpaired) electrons. The molecule has 3 rings (SSSR count). The van der Waals surface area contributed by atoms with E-state index in [-0.39, 0.29) is 13.0 Å². The number of hydrogen-bond acceptors (Lipinski definition) is 4. The Bertz CT molecular complexity index is 1280. The monoisotopic (exact) mass is 489 g/mol. The molecule has 3 aromatic rings. The van der Waals surface area contributed by atoms with E-state index in [0.29, 0.717) is 16.9 Å². The summed E-state index contributed by atoms with van der Waals surface area (Å²) in [7, 11) is -3.61. The molecule has 0 unspecified atom stereocenters. The van der Waals surface area contributed by atoms with Crippen LogP contribution < -0.4 is 9.46 Å². The second-order valence-corrected chi connectivity index (χ2v) is 9.28. The van der Waals surface area contributed by atoms with Crippen molar-refractivity contribution in [3.8, 4) is 16.9 Å². The molecule has 0 spiro atoms. The lowest BCUT2D eigenvalue weighted by atomic mass is 10.0. The molecule has 5 nitrogen and oxygen atoms in total. The van der Waals surface area contributed by atoms with E-state index >= 15 is 0 Å². The third-order valence-electron chi connectivity index (χ3n) is 4.65. The van der Waals surface area contributed by atoms with E-state index in [1.807, 2.05) is 29.0 Å². The van der Waals surface area contributed by atoms with Crippen LogP contribution in [-0.4, -0.2) is 27.2 Å². The van der Waals surface area contributed by atoms with Crippen LogP contribution in [0.3, 0.4) is 0 Å². The van der Waals surface area contributed by atoms with E-state index in [2.05, 4.69) is 0 Å². The van der Waals surface area contributed by atoms with E-state index in [4.69, 9.17) is 4.74 Å². The van der Waals surface area contributed by atoms with Crippen molar-refractivity contribution in [2.75, 3.05) is 12.9 Å². The van der Waals surface area contributed by atoms with Crippen LogP contribution in [0.1, 0.15) is 16.7 Å². The van der Waals surface area contributed by atoms with Crippen molar-refractivity contribution in [3.63, 3.8) is 0 Å². The predicted octanol–water partition coefficient (Wildman–Crippen LogP) is 5.08. The zero-order valence-corrected chi connectivity index (χ0v) is 19.0. The first-order chi connectivity index (χ1) is 16.0. The Morgan fingerprint density at radius 3 is 2.26 bits per heavy atom. The number of sulfonamides is 1. The van der Waals surface area contributed by atoms with Crippen molar-refractivity contribution in [2.45, 2.75) is 12.6 Å². The van der Waals surface area contributed by atoms with Crippen LogP contribution in [0, 0.1) is 0 Å². The Balaban J connectivity index is 1.62. The first-order valence-corrected chi connectivity index (χ1v) is 12.1. The summed E-state index contributed by atoms with van der Waals surface area (Å²) in [4.78, 5) is 11.9. The van der Waals surface area contributed by atoms with Crippen molar-refractivity contribution in [2.24, 2.45) is 0 Å². The van der Waals surface area contributed by atoms with Gasteiger partial charge in [0.15, 0.2) is 0 Å². The summed E-state index contributed by atoms with van der Waals surface area (Å²) in [6, 6.07) is 19.3. The summed E-state index contributed by atoms with van der Waals surface area (Å²) in [6.45, 7) is 0.218. The third-order valence-corrected chi connectivity index (χ3v) is 5.25. The molecule has 1 N–H and O–H groups in total. The van der Waals surface area contributed by atoms with Crippen molar-refractivity contribution in [1.82, 2.24) is 4.72 Å². The number of benzene rings is 3. The van der Waals surface area contributed by atoms with Gasteiger partial charge in [0.2, 0.25) is 15.9 Å². The van der Waals surface area contributed by atoms with Gasteiger partial charge in [-0.3, -0.25) is 9.52 Å². The topological polar surface area (TPSA) is 72.5 Å². The average Bonchev–Trinajstić information content (AvgIpc) is 2.75. The summed E-state index contributed by atoms with van der Waals surface area (Å²) >= 11 is 0. The summed E-state index contributed by atoms with van der Waals surface area (Å²) in [6.07, 6.45) is -0.138. The SMILES string of the molecule is CS(=O)(=O)NC(=O)Cc1cccc(-c2cccc(OCC=Cc3ccc(C(F)(F)F)cc3)c2)c1. The first-order valence-electron chi connectivity index (χ1n) is 10.2. The molecule has 0 heterocycles. The molecule has 0 fully saturated rings. The zero-order chi connectivity index (χ0) is 24.8. The first kappa shape index (κ1) is 25.0. The second-order valence-electron chi connectivity index (χ2n) is 7.54. The van der Waals surface area contributed by atoms with E-state index < -0.39 is 27.7 Å². The van der Waals surface area contributed by atoms with Crippen molar-refractivity contribution in [3.05, 3.63) is 95.6 Å². The fourth-order valence-electron chi connectivity index (χ4n) is 3.17. The van der Waals surface area contributed by atoms with Gasteiger partial charge in [0, 0.05) is 0 Å². The normalized spacial score (nSPS) is 12.0. The molecule has 0 aliphatic heterocycles. The number of carbonyl (C=O) groups excluding carboxylic acids is 1. The number of carbonyl (C=O) groups is 1. The lowest BCUT2D eigenvalue weighted by Gasteiger charge is -2.09. The molecule has 1 amide bonds. The van der Waals surface area contributed by atoms with Gasteiger partial charge in [-0.2, -0.15) is 13.2 Å². The average molecular weight is 490 g/mol. The summed E-state index contributed by atoms with van der Waals surface area (Å²) in [5.41, 5.74) is 2.26. The summed E-state index contributed by atoms with van der Waals surface area (Å²) in [5.74, 6) is -0.0219. The van der Waals surface area contributed by atoms with Crippen LogP contribution in [0.25, 0.3) is 17.2 Å². The highest BCUT2D eigenvalue weighted by molar-refractivity contribution is 7.89. The molecule has 9 heteroatoms. The van der Waals surface area contributed by atoms with Gasteiger partial charge in [0.05, 0.1) is 18.2 Å². The maximum absolute atomic E-state index is 12.6. The molecule has 0 aliphatic rings.